The van der Waals surface area contributed by atoms with Gasteiger partial charge in [-0.15, -0.1) is 0 Å². The Bertz CT molecular complexity index is 1210. The first-order chi connectivity index (χ1) is 15.8. The highest BCUT2D eigenvalue weighted by Gasteiger charge is 2.49. The van der Waals surface area contributed by atoms with Gasteiger partial charge in [0.1, 0.15) is 11.2 Å². The Morgan fingerprint density at radius 3 is 2.82 bits per heavy atom. The standard InChI is InChI=1S/C26H30ClN3O3/c1-16-7-6-10-20(17(16)2)28-25(32)26(3)15-29-21-11-12-33-23(21)13-22(29)24(31)30(26)14-18-8-4-5-9-19(18)27/h4-5,8-9,11-13,16-17,20H,6-7,10,14-15H2,1-3H3,(H,28,32). The van der Waals surface area contributed by atoms with E-state index in [2.05, 4.69) is 19.2 Å². The second kappa shape index (κ2) is 8.24. The fourth-order valence-electron chi connectivity index (χ4n) is 5.43. The lowest BCUT2D eigenvalue weighted by atomic mass is 9.77. The molecule has 174 valence electrons. The summed E-state index contributed by atoms with van der Waals surface area (Å²) in [7, 11) is 0. The number of hydrogen-bond acceptors (Lipinski definition) is 3. The summed E-state index contributed by atoms with van der Waals surface area (Å²) >= 11 is 6.44. The largest absolute Gasteiger partial charge is 0.463 e. The van der Waals surface area contributed by atoms with Crippen LogP contribution in [0.15, 0.2) is 47.1 Å². The molecule has 0 radical (unpaired) electrons. The Labute approximate surface area is 198 Å². The van der Waals surface area contributed by atoms with E-state index in [9.17, 15) is 9.59 Å². The van der Waals surface area contributed by atoms with E-state index in [1.807, 2.05) is 41.8 Å². The maximum atomic E-state index is 13.9. The van der Waals surface area contributed by atoms with Gasteiger partial charge in [0.2, 0.25) is 5.91 Å². The summed E-state index contributed by atoms with van der Waals surface area (Å²) in [5, 5.41) is 3.90. The van der Waals surface area contributed by atoms with Gasteiger partial charge in [0.05, 0.1) is 18.3 Å². The first kappa shape index (κ1) is 22.1. The van der Waals surface area contributed by atoms with Crippen molar-refractivity contribution in [1.29, 1.82) is 0 Å². The molecule has 1 aromatic carbocycles. The van der Waals surface area contributed by atoms with Crippen LogP contribution in [-0.4, -0.2) is 32.9 Å². The smallest absolute Gasteiger partial charge is 0.271 e. The average molecular weight is 468 g/mol. The van der Waals surface area contributed by atoms with Crippen LogP contribution in [0.4, 0.5) is 0 Å². The number of amides is 2. The van der Waals surface area contributed by atoms with E-state index in [1.54, 1.807) is 17.2 Å². The SMILES string of the molecule is CC1CCCC(NC(=O)C2(C)Cn3c(cc4occc43)C(=O)N2Cc2ccccc2Cl)C1C. The van der Waals surface area contributed by atoms with Crippen LogP contribution in [0.25, 0.3) is 11.1 Å². The van der Waals surface area contributed by atoms with Crippen molar-refractivity contribution < 1.29 is 14.0 Å². The molecule has 2 aromatic heterocycles. The van der Waals surface area contributed by atoms with Gasteiger partial charge in [-0.25, -0.2) is 0 Å². The molecular weight excluding hydrogens is 438 g/mol. The Hall–Kier alpha value is -2.73. The van der Waals surface area contributed by atoms with E-state index in [4.69, 9.17) is 16.0 Å². The number of hydrogen-bond donors (Lipinski definition) is 1. The lowest BCUT2D eigenvalue weighted by molar-refractivity contribution is -0.134. The van der Waals surface area contributed by atoms with Crippen LogP contribution in [0.5, 0.6) is 0 Å². The van der Waals surface area contributed by atoms with Crippen molar-refractivity contribution in [3.05, 3.63) is 58.9 Å². The first-order valence-electron chi connectivity index (χ1n) is 11.7. The molecule has 2 aliphatic rings. The highest BCUT2D eigenvalue weighted by atomic mass is 35.5. The van der Waals surface area contributed by atoms with Gasteiger partial charge in [-0.2, -0.15) is 0 Å². The monoisotopic (exact) mass is 467 g/mol. The Kier molecular flexibility index (Phi) is 5.52. The number of nitrogens with zero attached hydrogens (tertiary/aromatic N) is 2. The number of nitrogens with one attached hydrogen (secondary N) is 1. The first-order valence-corrected chi connectivity index (χ1v) is 12.1. The molecule has 33 heavy (non-hydrogen) atoms. The molecule has 4 atom stereocenters. The zero-order valence-corrected chi connectivity index (χ0v) is 20.1. The van der Waals surface area contributed by atoms with Crippen molar-refractivity contribution in [2.45, 2.75) is 64.7 Å². The molecule has 0 saturated heterocycles. The Balaban J connectivity index is 1.54. The van der Waals surface area contributed by atoms with Crippen molar-refractivity contribution in [3.63, 3.8) is 0 Å². The number of aromatic nitrogens is 1. The second-order valence-corrected chi connectivity index (χ2v) is 10.3. The van der Waals surface area contributed by atoms with Crippen molar-refractivity contribution in [2.75, 3.05) is 0 Å². The number of benzene rings is 1. The average Bonchev–Trinajstić information content (AvgIpc) is 3.38. The molecule has 2 amide bonds. The van der Waals surface area contributed by atoms with Gasteiger partial charge in [0.15, 0.2) is 5.58 Å². The summed E-state index contributed by atoms with van der Waals surface area (Å²) in [6, 6.07) is 11.2. The van der Waals surface area contributed by atoms with Crippen molar-refractivity contribution in [1.82, 2.24) is 14.8 Å². The van der Waals surface area contributed by atoms with E-state index in [1.165, 1.54) is 6.42 Å². The predicted octanol–water partition coefficient (Wildman–Crippen LogP) is 5.24. The molecule has 4 unspecified atom stereocenters. The number of rotatable bonds is 4. The van der Waals surface area contributed by atoms with Crippen LogP contribution in [0.3, 0.4) is 0 Å². The van der Waals surface area contributed by atoms with E-state index in [0.29, 0.717) is 34.7 Å². The van der Waals surface area contributed by atoms with Gasteiger partial charge in [-0.1, -0.05) is 56.5 Å². The minimum Gasteiger partial charge on any atom is -0.463 e. The second-order valence-electron chi connectivity index (χ2n) is 9.89. The number of carbonyl (C=O) groups is 2. The van der Waals surface area contributed by atoms with Crippen molar-refractivity contribution >= 4 is 34.5 Å². The summed E-state index contributed by atoms with van der Waals surface area (Å²) in [6.45, 7) is 6.93. The van der Waals surface area contributed by atoms with E-state index >= 15 is 0 Å². The fraction of sp³-hybridized carbons (Fsp3) is 0.462. The molecule has 7 heteroatoms. The van der Waals surface area contributed by atoms with E-state index in [-0.39, 0.29) is 24.4 Å². The Morgan fingerprint density at radius 2 is 2.03 bits per heavy atom. The molecule has 1 saturated carbocycles. The molecule has 3 aromatic rings. The molecule has 6 nitrogen and oxygen atoms in total. The van der Waals surface area contributed by atoms with Crippen LogP contribution in [0.2, 0.25) is 5.02 Å². The van der Waals surface area contributed by atoms with Crippen LogP contribution >= 0.6 is 11.6 Å². The van der Waals surface area contributed by atoms with Crippen molar-refractivity contribution in [2.24, 2.45) is 11.8 Å². The molecule has 1 N–H and O–H groups in total. The third kappa shape index (κ3) is 3.65. The van der Waals surface area contributed by atoms with Gasteiger partial charge >= 0.3 is 0 Å². The molecule has 0 spiro atoms. The quantitative estimate of drug-likeness (QED) is 0.570. The molecule has 3 heterocycles. The third-order valence-corrected chi connectivity index (χ3v) is 8.22. The van der Waals surface area contributed by atoms with Crippen LogP contribution in [-0.2, 0) is 17.9 Å². The van der Waals surface area contributed by atoms with E-state index < -0.39 is 5.54 Å². The number of furan rings is 1. The molecule has 1 aliphatic carbocycles. The van der Waals surface area contributed by atoms with Gasteiger partial charge in [0.25, 0.3) is 5.91 Å². The number of carbonyl (C=O) groups excluding carboxylic acids is 2. The van der Waals surface area contributed by atoms with Crippen molar-refractivity contribution in [3.8, 4) is 0 Å². The van der Waals surface area contributed by atoms with Crippen LogP contribution < -0.4 is 5.32 Å². The van der Waals surface area contributed by atoms with Gasteiger partial charge in [-0.3, -0.25) is 9.59 Å². The highest BCUT2D eigenvalue weighted by Crippen LogP contribution is 2.36. The molecule has 1 fully saturated rings. The maximum Gasteiger partial charge on any atom is 0.271 e. The summed E-state index contributed by atoms with van der Waals surface area (Å²) in [5.41, 5.74) is 1.74. The zero-order chi connectivity index (χ0) is 23.3. The normalized spacial score (nSPS) is 27.6. The van der Waals surface area contributed by atoms with Crippen LogP contribution in [0.1, 0.15) is 56.1 Å². The fourth-order valence-corrected chi connectivity index (χ4v) is 5.62. The summed E-state index contributed by atoms with van der Waals surface area (Å²) in [4.78, 5) is 29.3. The third-order valence-electron chi connectivity index (χ3n) is 7.85. The molecule has 5 rings (SSSR count). The van der Waals surface area contributed by atoms with Gasteiger partial charge < -0.3 is 19.2 Å². The number of fused-ring (bicyclic) bond motifs is 3. The van der Waals surface area contributed by atoms with Crippen LogP contribution in [0, 0.1) is 11.8 Å². The highest BCUT2D eigenvalue weighted by molar-refractivity contribution is 6.31. The minimum atomic E-state index is -1.08. The lowest BCUT2D eigenvalue weighted by Crippen LogP contribution is -2.65. The summed E-state index contributed by atoms with van der Waals surface area (Å²) in [6.07, 6.45) is 4.87. The van der Waals surface area contributed by atoms with Gasteiger partial charge in [-0.05, 0) is 36.8 Å². The summed E-state index contributed by atoms with van der Waals surface area (Å²) < 4.78 is 7.47. The predicted molar refractivity (Wildman–Crippen MR) is 128 cm³/mol. The molecule has 0 bridgehead atoms. The topological polar surface area (TPSA) is 67.5 Å². The molecule has 1 aliphatic heterocycles. The Morgan fingerprint density at radius 1 is 1.24 bits per heavy atom. The van der Waals surface area contributed by atoms with Gasteiger partial charge in [0, 0.05) is 29.7 Å². The minimum absolute atomic E-state index is 0.107. The maximum absolute atomic E-state index is 13.9. The van der Waals surface area contributed by atoms with E-state index in [0.717, 1.165) is 23.9 Å². The number of halogens is 1. The lowest BCUT2D eigenvalue weighted by Gasteiger charge is -2.45. The zero-order valence-electron chi connectivity index (χ0n) is 19.3. The molecular formula is C26H30ClN3O3. The summed E-state index contributed by atoms with van der Waals surface area (Å²) in [5.74, 6) is 0.635.